The molecule has 3 rings (SSSR count). The van der Waals surface area contributed by atoms with Gasteiger partial charge in [-0.25, -0.2) is 8.42 Å². The lowest BCUT2D eigenvalue weighted by molar-refractivity contribution is -0.140. The molecule has 0 fully saturated rings. The molecule has 0 bridgehead atoms. The van der Waals surface area contributed by atoms with Crippen LogP contribution >= 0.6 is 0 Å². The molecule has 0 aliphatic carbocycles. The van der Waals surface area contributed by atoms with E-state index in [2.05, 4.69) is 5.32 Å². The first-order valence-corrected chi connectivity index (χ1v) is 13.4. The van der Waals surface area contributed by atoms with Gasteiger partial charge in [-0.1, -0.05) is 55.5 Å². The van der Waals surface area contributed by atoms with Gasteiger partial charge in [-0.15, -0.1) is 0 Å². The Balaban J connectivity index is 2.08. The van der Waals surface area contributed by atoms with E-state index in [0.717, 1.165) is 15.4 Å². The molecule has 0 heterocycles. The number of hydrogen-bond acceptors (Lipinski definition) is 5. The first-order valence-electron chi connectivity index (χ1n) is 12.0. The molecule has 9 heteroatoms. The number of sulfonamides is 1. The van der Waals surface area contributed by atoms with Crippen LogP contribution in [-0.2, 0) is 26.2 Å². The lowest BCUT2D eigenvalue weighted by Crippen LogP contribution is -2.51. The Bertz CT molecular complexity index is 1330. The molecule has 1 N–H and O–H groups in total. The van der Waals surface area contributed by atoms with E-state index in [1.807, 2.05) is 38.1 Å². The lowest BCUT2D eigenvalue weighted by Gasteiger charge is -2.33. The van der Waals surface area contributed by atoms with Crippen LogP contribution in [0.3, 0.4) is 0 Å². The van der Waals surface area contributed by atoms with E-state index in [1.54, 1.807) is 42.5 Å². The first-order chi connectivity index (χ1) is 17.7. The van der Waals surface area contributed by atoms with Crippen molar-refractivity contribution in [3.8, 4) is 5.75 Å². The standard InChI is InChI=1S/C28H33N3O5S/c1-5-26(28(33)29-3)30(19-22-13-10-9-12-21(22)2)27(32)20-31(23-14-11-15-24(18-23)36-4)37(34,35)25-16-7-6-8-17-25/h6-18,26H,5,19-20H2,1-4H3,(H,29,33)/t26-/m1/s1. The molecule has 0 radical (unpaired) electrons. The predicted octanol–water partition coefficient (Wildman–Crippen LogP) is 3.75. The summed E-state index contributed by atoms with van der Waals surface area (Å²) in [5.41, 5.74) is 2.12. The number of hydrogen-bond donors (Lipinski definition) is 1. The van der Waals surface area contributed by atoms with Crippen molar-refractivity contribution < 1.29 is 22.7 Å². The Hall–Kier alpha value is -3.85. The summed E-state index contributed by atoms with van der Waals surface area (Å²) < 4.78 is 33.9. The molecule has 0 aliphatic rings. The Labute approximate surface area is 218 Å². The van der Waals surface area contributed by atoms with E-state index >= 15 is 0 Å². The zero-order valence-corrected chi connectivity index (χ0v) is 22.4. The largest absolute Gasteiger partial charge is 0.497 e. The number of methoxy groups -OCH3 is 1. The number of rotatable bonds is 11. The maximum Gasteiger partial charge on any atom is 0.264 e. The van der Waals surface area contributed by atoms with Crippen LogP contribution < -0.4 is 14.4 Å². The molecule has 2 amide bonds. The van der Waals surface area contributed by atoms with Crippen LogP contribution in [0.1, 0.15) is 24.5 Å². The summed E-state index contributed by atoms with van der Waals surface area (Å²) >= 11 is 0. The molecule has 37 heavy (non-hydrogen) atoms. The molecule has 0 spiro atoms. The van der Waals surface area contributed by atoms with Gasteiger partial charge >= 0.3 is 0 Å². The number of anilines is 1. The summed E-state index contributed by atoms with van der Waals surface area (Å²) in [6.07, 6.45) is 0.363. The maximum atomic E-state index is 13.9. The molecular weight excluding hydrogens is 490 g/mol. The van der Waals surface area contributed by atoms with Crippen molar-refractivity contribution in [3.05, 3.63) is 90.0 Å². The number of carbonyl (C=O) groups excluding carboxylic acids is 2. The summed E-state index contributed by atoms with van der Waals surface area (Å²) in [6, 6.07) is 21.3. The molecule has 196 valence electrons. The first kappa shape index (κ1) is 27.7. The van der Waals surface area contributed by atoms with Crippen molar-refractivity contribution in [1.29, 1.82) is 0 Å². The topological polar surface area (TPSA) is 96.0 Å². The highest BCUT2D eigenvalue weighted by Crippen LogP contribution is 2.28. The number of nitrogens with zero attached hydrogens (tertiary/aromatic N) is 2. The Morgan fingerprint density at radius 3 is 2.27 bits per heavy atom. The van der Waals surface area contributed by atoms with Gasteiger partial charge < -0.3 is 15.0 Å². The van der Waals surface area contributed by atoms with Gasteiger partial charge in [0.15, 0.2) is 0 Å². The fourth-order valence-corrected chi connectivity index (χ4v) is 5.50. The van der Waals surface area contributed by atoms with Crippen molar-refractivity contribution in [2.45, 2.75) is 37.8 Å². The highest BCUT2D eigenvalue weighted by Gasteiger charge is 2.33. The van der Waals surface area contributed by atoms with Gasteiger partial charge in [0.25, 0.3) is 10.0 Å². The number of benzene rings is 3. The van der Waals surface area contributed by atoms with E-state index in [1.165, 1.54) is 31.2 Å². The number of ether oxygens (including phenoxy) is 1. The summed E-state index contributed by atoms with van der Waals surface area (Å²) in [5.74, 6) is -0.365. The van der Waals surface area contributed by atoms with E-state index < -0.39 is 28.5 Å². The van der Waals surface area contributed by atoms with E-state index in [0.29, 0.717) is 12.2 Å². The van der Waals surface area contributed by atoms with E-state index in [4.69, 9.17) is 4.74 Å². The molecule has 0 aliphatic heterocycles. The number of aryl methyl sites for hydroxylation is 1. The molecule has 3 aromatic carbocycles. The molecular formula is C28H33N3O5S. The predicted molar refractivity (Wildman–Crippen MR) is 144 cm³/mol. The average molecular weight is 524 g/mol. The van der Waals surface area contributed by atoms with Crippen LogP contribution in [0.15, 0.2) is 83.8 Å². The van der Waals surface area contributed by atoms with Gasteiger partial charge in [0.1, 0.15) is 18.3 Å². The second kappa shape index (κ2) is 12.4. The molecule has 0 unspecified atom stereocenters. The maximum absolute atomic E-state index is 13.9. The third kappa shape index (κ3) is 6.48. The summed E-state index contributed by atoms with van der Waals surface area (Å²) in [7, 11) is -1.11. The van der Waals surface area contributed by atoms with Crippen molar-refractivity contribution in [2.75, 3.05) is 25.0 Å². The van der Waals surface area contributed by atoms with E-state index in [-0.39, 0.29) is 23.0 Å². The summed E-state index contributed by atoms with van der Waals surface area (Å²) in [6.45, 7) is 3.42. The summed E-state index contributed by atoms with van der Waals surface area (Å²) in [4.78, 5) is 28.2. The second-order valence-corrected chi connectivity index (χ2v) is 10.4. The van der Waals surface area contributed by atoms with Crippen LogP contribution in [0.5, 0.6) is 5.75 Å². The number of amides is 2. The van der Waals surface area contributed by atoms with Crippen molar-refractivity contribution >= 4 is 27.5 Å². The van der Waals surface area contributed by atoms with Crippen molar-refractivity contribution in [2.24, 2.45) is 0 Å². The normalized spacial score (nSPS) is 11.9. The molecule has 0 aromatic heterocycles. The van der Waals surface area contributed by atoms with Crippen LogP contribution in [0, 0.1) is 6.92 Å². The smallest absolute Gasteiger partial charge is 0.264 e. The number of nitrogens with one attached hydrogen (secondary N) is 1. The summed E-state index contributed by atoms with van der Waals surface area (Å²) in [5, 5.41) is 2.63. The molecule has 0 saturated heterocycles. The average Bonchev–Trinajstić information content (AvgIpc) is 2.92. The SMILES string of the molecule is CC[C@H](C(=O)NC)N(Cc1ccccc1C)C(=O)CN(c1cccc(OC)c1)S(=O)(=O)c1ccccc1. The molecule has 1 atom stereocenters. The van der Waals surface area contributed by atoms with Crippen LogP contribution in [0.4, 0.5) is 5.69 Å². The fourth-order valence-electron chi connectivity index (χ4n) is 4.07. The van der Waals surface area contributed by atoms with Gasteiger partial charge in [0, 0.05) is 19.7 Å². The highest BCUT2D eigenvalue weighted by atomic mass is 32.2. The van der Waals surface area contributed by atoms with Gasteiger partial charge in [0.2, 0.25) is 11.8 Å². The van der Waals surface area contributed by atoms with Crippen LogP contribution in [0.25, 0.3) is 0 Å². The minimum atomic E-state index is -4.12. The Morgan fingerprint density at radius 2 is 1.65 bits per heavy atom. The van der Waals surface area contributed by atoms with Gasteiger partial charge in [-0.2, -0.15) is 0 Å². The van der Waals surface area contributed by atoms with Gasteiger partial charge in [0.05, 0.1) is 17.7 Å². The third-order valence-electron chi connectivity index (χ3n) is 6.19. The minimum absolute atomic E-state index is 0.0504. The fraction of sp³-hybridized carbons (Fsp3) is 0.286. The monoisotopic (exact) mass is 523 g/mol. The minimum Gasteiger partial charge on any atom is -0.497 e. The highest BCUT2D eigenvalue weighted by molar-refractivity contribution is 7.92. The third-order valence-corrected chi connectivity index (χ3v) is 7.97. The Morgan fingerprint density at radius 1 is 0.973 bits per heavy atom. The molecule has 0 saturated carbocycles. The lowest BCUT2D eigenvalue weighted by atomic mass is 10.1. The quantitative estimate of drug-likeness (QED) is 0.413. The molecule has 3 aromatic rings. The Kier molecular flexibility index (Phi) is 9.30. The van der Waals surface area contributed by atoms with Gasteiger partial charge in [-0.3, -0.25) is 13.9 Å². The molecule has 8 nitrogen and oxygen atoms in total. The van der Waals surface area contributed by atoms with Gasteiger partial charge in [-0.05, 0) is 48.7 Å². The van der Waals surface area contributed by atoms with E-state index in [9.17, 15) is 18.0 Å². The second-order valence-electron chi connectivity index (χ2n) is 8.51. The van der Waals surface area contributed by atoms with Crippen LogP contribution in [0.2, 0.25) is 0 Å². The number of likely N-dealkylation sites (N-methyl/N-ethyl adjacent to an activating group) is 1. The zero-order chi connectivity index (χ0) is 27.0. The van der Waals surface area contributed by atoms with Crippen LogP contribution in [-0.4, -0.2) is 51.9 Å². The number of carbonyl (C=O) groups is 2. The van der Waals surface area contributed by atoms with Crippen molar-refractivity contribution in [1.82, 2.24) is 10.2 Å². The zero-order valence-electron chi connectivity index (χ0n) is 21.5. The van der Waals surface area contributed by atoms with Crippen molar-refractivity contribution in [3.63, 3.8) is 0 Å².